The summed E-state index contributed by atoms with van der Waals surface area (Å²) in [6, 6.07) is 7.24. The third-order valence-electron chi connectivity index (χ3n) is 4.11. The Bertz CT molecular complexity index is 826. The molecule has 1 saturated heterocycles. The Hall–Kier alpha value is -3.36. The molecule has 0 aromatic carbocycles. The third-order valence-corrected chi connectivity index (χ3v) is 4.11. The normalized spacial score (nSPS) is 14.6. The lowest BCUT2D eigenvalue weighted by molar-refractivity contribution is 0.0746. The zero-order valence-corrected chi connectivity index (χ0v) is 13.4. The van der Waals surface area contributed by atoms with Gasteiger partial charge in [-0.15, -0.1) is 10.2 Å². The zero-order chi connectivity index (χ0) is 17.1. The first kappa shape index (κ1) is 15.2. The summed E-state index contributed by atoms with van der Waals surface area (Å²) in [6.45, 7) is 2.73. The largest absolute Gasteiger partial charge is 0.352 e. The summed E-state index contributed by atoms with van der Waals surface area (Å²) in [7, 11) is 0. The fraction of sp³-hybridized carbons (Fsp3) is 0.250. The highest BCUT2D eigenvalue weighted by Crippen LogP contribution is 2.15. The van der Waals surface area contributed by atoms with Gasteiger partial charge in [0.25, 0.3) is 5.91 Å². The van der Waals surface area contributed by atoms with E-state index in [1.807, 2.05) is 17.0 Å². The molecule has 1 amide bonds. The number of nitrogens with zero attached hydrogens (tertiary/aromatic N) is 8. The molecular formula is C16H16N8O. The number of carbonyl (C=O) groups is 1. The molecule has 3 aromatic rings. The van der Waals surface area contributed by atoms with Crippen LogP contribution >= 0.6 is 0 Å². The second kappa shape index (κ2) is 6.63. The molecular weight excluding hydrogens is 320 g/mol. The molecule has 1 aliphatic rings. The maximum atomic E-state index is 12.5. The Morgan fingerprint density at radius 3 is 2.24 bits per heavy atom. The van der Waals surface area contributed by atoms with Crippen molar-refractivity contribution in [3.63, 3.8) is 0 Å². The molecule has 1 aliphatic heterocycles. The van der Waals surface area contributed by atoms with Gasteiger partial charge in [-0.25, -0.2) is 9.67 Å². The van der Waals surface area contributed by atoms with Gasteiger partial charge in [-0.3, -0.25) is 9.78 Å². The Labute approximate surface area is 143 Å². The molecule has 126 valence electrons. The smallest absolute Gasteiger partial charge is 0.254 e. The van der Waals surface area contributed by atoms with Crippen molar-refractivity contribution in [2.75, 3.05) is 31.1 Å². The molecule has 1 fully saturated rings. The van der Waals surface area contributed by atoms with E-state index in [4.69, 9.17) is 0 Å². The quantitative estimate of drug-likeness (QED) is 0.684. The fourth-order valence-corrected chi connectivity index (χ4v) is 2.75. The van der Waals surface area contributed by atoms with Crippen LogP contribution in [0.25, 0.3) is 5.82 Å². The van der Waals surface area contributed by atoms with Crippen LogP contribution in [-0.4, -0.2) is 66.9 Å². The minimum atomic E-state index is 0.0367. The molecule has 25 heavy (non-hydrogen) atoms. The number of piperazine rings is 1. The standard InChI is InChI=1S/C16H16N8O/c25-16(13-3-5-17-6-4-13)23-9-7-22(8-10-23)14-1-2-15(21-20-14)24-12-18-11-19-24/h1-6,11-12H,7-10H2. The molecule has 9 nitrogen and oxygen atoms in total. The lowest BCUT2D eigenvalue weighted by Gasteiger charge is -2.35. The van der Waals surface area contributed by atoms with Gasteiger partial charge in [0.15, 0.2) is 11.6 Å². The Morgan fingerprint density at radius 2 is 1.60 bits per heavy atom. The van der Waals surface area contributed by atoms with Gasteiger partial charge >= 0.3 is 0 Å². The monoisotopic (exact) mass is 336 g/mol. The highest BCUT2D eigenvalue weighted by atomic mass is 16.2. The van der Waals surface area contributed by atoms with Gasteiger partial charge in [-0.2, -0.15) is 5.10 Å². The van der Waals surface area contributed by atoms with E-state index in [-0.39, 0.29) is 5.91 Å². The lowest BCUT2D eigenvalue weighted by atomic mass is 10.2. The van der Waals surface area contributed by atoms with E-state index in [1.165, 1.54) is 6.33 Å². The Balaban J connectivity index is 1.39. The highest BCUT2D eigenvalue weighted by Gasteiger charge is 2.23. The summed E-state index contributed by atoms with van der Waals surface area (Å²) in [6.07, 6.45) is 6.30. The molecule has 0 radical (unpaired) electrons. The molecule has 4 rings (SSSR count). The number of hydrogen-bond donors (Lipinski definition) is 0. The molecule has 0 unspecified atom stereocenters. The van der Waals surface area contributed by atoms with Crippen molar-refractivity contribution in [2.24, 2.45) is 0 Å². The van der Waals surface area contributed by atoms with Crippen LogP contribution in [0.1, 0.15) is 10.4 Å². The average Bonchev–Trinajstić information content (AvgIpc) is 3.23. The van der Waals surface area contributed by atoms with Crippen molar-refractivity contribution in [1.82, 2.24) is 34.8 Å². The van der Waals surface area contributed by atoms with Crippen LogP contribution in [0, 0.1) is 0 Å². The van der Waals surface area contributed by atoms with Gasteiger partial charge in [-0.05, 0) is 24.3 Å². The van der Waals surface area contributed by atoms with Crippen molar-refractivity contribution in [2.45, 2.75) is 0 Å². The summed E-state index contributed by atoms with van der Waals surface area (Å²) in [5.74, 6) is 1.45. The summed E-state index contributed by atoms with van der Waals surface area (Å²) in [5, 5.41) is 12.5. The molecule has 0 bridgehead atoms. The Kier molecular flexibility index (Phi) is 4.03. The first-order valence-electron chi connectivity index (χ1n) is 7.94. The van der Waals surface area contributed by atoms with Gasteiger partial charge < -0.3 is 9.80 Å². The maximum Gasteiger partial charge on any atom is 0.254 e. The third kappa shape index (κ3) is 3.16. The highest BCUT2D eigenvalue weighted by molar-refractivity contribution is 5.94. The molecule has 4 heterocycles. The van der Waals surface area contributed by atoms with E-state index < -0.39 is 0 Å². The minimum absolute atomic E-state index is 0.0367. The van der Waals surface area contributed by atoms with Crippen LogP contribution in [0.2, 0.25) is 0 Å². The van der Waals surface area contributed by atoms with Crippen molar-refractivity contribution in [3.05, 3.63) is 54.9 Å². The van der Waals surface area contributed by atoms with Crippen LogP contribution in [-0.2, 0) is 0 Å². The van der Waals surface area contributed by atoms with Gasteiger partial charge in [-0.1, -0.05) is 0 Å². The fourth-order valence-electron chi connectivity index (χ4n) is 2.75. The molecule has 0 aliphatic carbocycles. The van der Waals surface area contributed by atoms with Crippen molar-refractivity contribution >= 4 is 11.7 Å². The number of hydrogen-bond acceptors (Lipinski definition) is 7. The van der Waals surface area contributed by atoms with E-state index in [1.54, 1.807) is 35.5 Å². The van der Waals surface area contributed by atoms with E-state index in [0.29, 0.717) is 37.6 Å². The Morgan fingerprint density at radius 1 is 0.880 bits per heavy atom. The SMILES string of the molecule is O=C(c1ccncc1)N1CCN(c2ccc(-n3cncn3)nn2)CC1. The van der Waals surface area contributed by atoms with Crippen molar-refractivity contribution in [3.8, 4) is 5.82 Å². The van der Waals surface area contributed by atoms with Crippen LogP contribution in [0.4, 0.5) is 5.82 Å². The first-order valence-corrected chi connectivity index (χ1v) is 7.94. The van der Waals surface area contributed by atoms with E-state index in [0.717, 1.165) is 5.82 Å². The van der Waals surface area contributed by atoms with Crippen LogP contribution in [0.15, 0.2) is 49.3 Å². The van der Waals surface area contributed by atoms with Gasteiger partial charge in [0.05, 0.1) is 0 Å². The van der Waals surface area contributed by atoms with E-state index in [9.17, 15) is 4.79 Å². The molecule has 0 saturated carbocycles. The number of carbonyl (C=O) groups excluding carboxylic acids is 1. The first-order chi connectivity index (χ1) is 12.3. The van der Waals surface area contributed by atoms with Gasteiger partial charge in [0.2, 0.25) is 0 Å². The molecule has 9 heteroatoms. The second-order valence-electron chi connectivity index (χ2n) is 5.60. The predicted molar refractivity (Wildman–Crippen MR) is 89.3 cm³/mol. The molecule has 0 N–H and O–H groups in total. The number of anilines is 1. The summed E-state index contributed by atoms with van der Waals surface area (Å²) >= 11 is 0. The number of rotatable bonds is 3. The molecule has 0 spiro atoms. The summed E-state index contributed by atoms with van der Waals surface area (Å²) in [5.41, 5.74) is 0.667. The topological polar surface area (TPSA) is 92.9 Å². The summed E-state index contributed by atoms with van der Waals surface area (Å²) in [4.78, 5) is 24.3. The number of aromatic nitrogens is 6. The second-order valence-corrected chi connectivity index (χ2v) is 5.60. The molecule has 0 atom stereocenters. The lowest BCUT2D eigenvalue weighted by Crippen LogP contribution is -2.49. The minimum Gasteiger partial charge on any atom is -0.352 e. The maximum absolute atomic E-state index is 12.5. The van der Waals surface area contributed by atoms with Crippen molar-refractivity contribution in [1.29, 1.82) is 0 Å². The van der Waals surface area contributed by atoms with Crippen LogP contribution < -0.4 is 4.90 Å². The zero-order valence-electron chi connectivity index (χ0n) is 13.4. The van der Waals surface area contributed by atoms with Crippen molar-refractivity contribution < 1.29 is 4.79 Å². The van der Waals surface area contributed by atoms with Crippen LogP contribution in [0.5, 0.6) is 0 Å². The predicted octanol–water partition coefficient (Wildman–Crippen LogP) is 0.415. The van der Waals surface area contributed by atoms with E-state index >= 15 is 0 Å². The van der Waals surface area contributed by atoms with E-state index in [2.05, 4.69) is 30.2 Å². The number of amides is 1. The number of pyridine rings is 1. The van der Waals surface area contributed by atoms with Crippen LogP contribution in [0.3, 0.4) is 0 Å². The van der Waals surface area contributed by atoms with Gasteiger partial charge in [0, 0.05) is 44.1 Å². The average molecular weight is 336 g/mol. The summed E-state index contributed by atoms with van der Waals surface area (Å²) < 4.78 is 1.56. The van der Waals surface area contributed by atoms with Gasteiger partial charge in [0.1, 0.15) is 12.7 Å². The molecule has 3 aromatic heterocycles.